The Morgan fingerprint density at radius 2 is 1.60 bits per heavy atom. The molecule has 0 heterocycles. The van der Waals surface area contributed by atoms with Gasteiger partial charge >= 0.3 is 0 Å². The van der Waals surface area contributed by atoms with E-state index >= 15 is 0 Å². The van der Waals surface area contributed by atoms with Crippen LogP contribution in [-0.2, 0) is 16.4 Å². The molecular formula is C11H17NO2S. The Kier molecular flexibility index (Phi) is 3.52. The van der Waals surface area contributed by atoms with Gasteiger partial charge in [-0.3, -0.25) is 0 Å². The number of sulfonamides is 1. The molecule has 2 N–H and O–H groups in total. The van der Waals surface area contributed by atoms with E-state index in [2.05, 4.69) is 12.1 Å². The summed E-state index contributed by atoms with van der Waals surface area (Å²) in [5, 5.41) is 4.99. The minimum absolute atomic E-state index is 0.0116. The minimum Gasteiger partial charge on any atom is -0.229 e. The Morgan fingerprint density at radius 1 is 1.13 bits per heavy atom. The molecule has 0 unspecified atom stereocenters. The molecule has 0 aromatic heterocycles. The zero-order chi connectivity index (χ0) is 11.6. The van der Waals surface area contributed by atoms with Crippen LogP contribution in [0.2, 0.25) is 0 Å². The van der Waals surface area contributed by atoms with Crippen molar-refractivity contribution in [3.05, 3.63) is 34.4 Å². The molecule has 0 saturated heterocycles. The zero-order valence-corrected chi connectivity index (χ0v) is 10.2. The van der Waals surface area contributed by atoms with Crippen LogP contribution in [0.25, 0.3) is 0 Å². The van der Waals surface area contributed by atoms with Crippen molar-refractivity contribution < 1.29 is 8.42 Å². The number of hydrogen-bond donors (Lipinski definition) is 1. The molecule has 4 heteroatoms. The van der Waals surface area contributed by atoms with Crippen molar-refractivity contribution in [3.8, 4) is 0 Å². The predicted molar refractivity (Wildman–Crippen MR) is 62.3 cm³/mol. The first kappa shape index (κ1) is 12.2. The largest absolute Gasteiger partial charge is 0.229 e. The van der Waals surface area contributed by atoms with E-state index in [4.69, 9.17) is 5.14 Å². The van der Waals surface area contributed by atoms with E-state index in [1.54, 1.807) is 0 Å². The molecule has 0 fully saturated rings. The van der Waals surface area contributed by atoms with Crippen LogP contribution in [0.4, 0.5) is 0 Å². The fourth-order valence-corrected chi connectivity index (χ4v) is 2.34. The van der Waals surface area contributed by atoms with E-state index in [1.165, 1.54) is 5.56 Å². The van der Waals surface area contributed by atoms with E-state index in [1.807, 2.05) is 20.8 Å². The molecular weight excluding hydrogens is 210 g/mol. The second-order valence-corrected chi connectivity index (χ2v) is 5.73. The van der Waals surface area contributed by atoms with Gasteiger partial charge in [0.1, 0.15) is 0 Å². The average Bonchev–Trinajstić information content (AvgIpc) is 1.99. The summed E-state index contributed by atoms with van der Waals surface area (Å²) in [5.74, 6) is 0.0116. The summed E-state index contributed by atoms with van der Waals surface area (Å²) < 4.78 is 21.7. The summed E-state index contributed by atoms with van der Waals surface area (Å²) in [5.41, 5.74) is 4.56. The van der Waals surface area contributed by atoms with Crippen molar-refractivity contribution in [1.82, 2.24) is 0 Å². The van der Waals surface area contributed by atoms with E-state index in [0.717, 1.165) is 16.7 Å². The van der Waals surface area contributed by atoms with Gasteiger partial charge in [-0.25, -0.2) is 13.6 Å². The molecule has 0 aliphatic rings. The second kappa shape index (κ2) is 4.33. The SMILES string of the molecule is Cc1cc(C)c(CCS(N)(=O)=O)c(C)c1. The van der Waals surface area contributed by atoms with Crippen LogP contribution in [0.1, 0.15) is 22.3 Å². The van der Waals surface area contributed by atoms with Crippen LogP contribution < -0.4 is 5.14 Å². The molecule has 0 spiro atoms. The number of rotatable bonds is 3. The molecule has 1 aromatic rings. The summed E-state index contributed by atoms with van der Waals surface area (Å²) in [6.07, 6.45) is 0.497. The normalized spacial score (nSPS) is 11.7. The smallest absolute Gasteiger partial charge is 0.209 e. The first-order chi connectivity index (χ1) is 6.79. The van der Waals surface area contributed by atoms with Crippen molar-refractivity contribution in [1.29, 1.82) is 0 Å². The molecule has 1 rings (SSSR count). The first-order valence-electron chi connectivity index (χ1n) is 4.87. The van der Waals surface area contributed by atoms with Crippen LogP contribution >= 0.6 is 0 Å². The molecule has 0 amide bonds. The van der Waals surface area contributed by atoms with Crippen LogP contribution in [-0.4, -0.2) is 14.2 Å². The molecule has 0 aliphatic carbocycles. The van der Waals surface area contributed by atoms with Gasteiger partial charge in [0, 0.05) is 0 Å². The van der Waals surface area contributed by atoms with E-state index in [9.17, 15) is 8.42 Å². The topological polar surface area (TPSA) is 60.2 Å². The van der Waals surface area contributed by atoms with Crippen LogP contribution in [0, 0.1) is 20.8 Å². The number of primary sulfonamides is 1. The van der Waals surface area contributed by atoms with Crippen LogP contribution in [0.5, 0.6) is 0 Å². The maximum atomic E-state index is 10.9. The third-order valence-electron chi connectivity index (χ3n) is 2.48. The summed E-state index contributed by atoms with van der Waals surface area (Å²) in [4.78, 5) is 0. The molecule has 0 saturated carbocycles. The van der Waals surface area contributed by atoms with Crippen LogP contribution in [0.15, 0.2) is 12.1 Å². The van der Waals surface area contributed by atoms with Gasteiger partial charge < -0.3 is 0 Å². The number of aryl methyl sites for hydroxylation is 3. The van der Waals surface area contributed by atoms with Gasteiger partial charge in [-0.05, 0) is 43.9 Å². The minimum atomic E-state index is -3.37. The van der Waals surface area contributed by atoms with Gasteiger partial charge in [0.2, 0.25) is 10.0 Å². The maximum Gasteiger partial charge on any atom is 0.209 e. The van der Waals surface area contributed by atoms with Crippen molar-refractivity contribution in [2.24, 2.45) is 5.14 Å². The summed E-state index contributed by atoms with van der Waals surface area (Å²) in [6, 6.07) is 4.12. The molecule has 1 aromatic carbocycles. The summed E-state index contributed by atoms with van der Waals surface area (Å²) in [6.45, 7) is 6.03. The van der Waals surface area contributed by atoms with Crippen molar-refractivity contribution in [3.63, 3.8) is 0 Å². The van der Waals surface area contributed by atoms with Crippen molar-refractivity contribution >= 4 is 10.0 Å². The highest BCUT2D eigenvalue weighted by molar-refractivity contribution is 7.89. The lowest BCUT2D eigenvalue weighted by atomic mass is 9.98. The van der Waals surface area contributed by atoms with E-state index < -0.39 is 10.0 Å². The fourth-order valence-electron chi connectivity index (χ4n) is 1.85. The Morgan fingerprint density at radius 3 is 2.00 bits per heavy atom. The molecule has 0 aliphatic heterocycles. The lowest BCUT2D eigenvalue weighted by molar-refractivity contribution is 0.597. The maximum absolute atomic E-state index is 10.9. The third kappa shape index (κ3) is 3.64. The first-order valence-corrected chi connectivity index (χ1v) is 6.58. The highest BCUT2D eigenvalue weighted by Gasteiger charge is 2.08. The van der Waals surface area contributed by atoms with Crippen LogP contribution in [0.3, 0.4) is 0 Å². The Bertz CT molecular complexity index is 440. The van der Waals surface area contributed by atoms with E-state index in [0.29, 0.717) is 6.42 Å². The van der Waals surface area contributed by atoms with Crippen molar-refractivity contribution in [2.45, 2.75) is 27.2 Å². The lowest BCUT2D eigenvalue weighted by Crippen LogP contribution is -2.18. The predicted octanol–water partition coefficient (Wildman–Crippen LogP) is 1.44. The van der Waals surface area contributed by atoms with Crippen molar-refractivity contribution in [2.75, 3.05) is 5.75 Å². The van der Waals surface area contributed by atoms with Gasteiger partial charge in [-0.15, -0.1) is 0 Å². The number of benzene rings is 1. The summed E-state index contributed by atoms with van der Waals surface area (Å²) in [7, 11) is -3.37. The molecule has 0 radical (unpaired) electrons. The average molecular weight is 227 g/mol. The van der Waals surface area contributed by atoms with Gasteiger partial charge in [-0.2, -0.15) is 0 Å². The zero-order valence-electron chi connectivity index (χ0n) is 9.37. The Balaban J connectivity index is 2.96. The quantitative estimate of drug-likeness (QED) is 0.849. The summed E-state index contributed by atoms with van der Waals surface area (Å²) >= 11 is 0. The fraction of sp³-hybridized carbons (Fsp3) is 0.455. The van der Waals surface area contributed by atoms with Gasteiger partial charge in [-0.1, -0.05) is 17.7 Å². The highest BCUT2D eigenvalue weighted by atomic mass is 32.2. The lowest BCUT2D eigenvalue weighted by Gasteiger charge is -2.10. The van der Waals surface area contributed by atoms with E-state index in [-0.39, 0.29) is 5.75 Å². The van der Waals surface area contributed by atoms with Gasteiger partial charge in [0.25, 0.3) is 0 Å². The molecule has 0 bridgehead atoms. The molecule has 3 nitrogen and oxygen atoms in total. The monoisotopic (exact) mass is 227 g/mol. The number of hydrogen-bond acceptors (Lipinski definition) is 2. The molecule has 15 heavy (non-hydrogen) atoms. The third-order valence-corrected chi connectivity index (χ3v) is 3.25. The Hall–Kier alpha value is -0.870. The van der Waals surface area contributed by atoms with Gasteiger partial charge in [0.05, 0.1) is 5.75 Å². The standard InChI is InChI=1S/C11H17NO2S/c1-8-6-9(2)11(10(3)7-8)4-5-15(12,13)14/h6-7H,4-5H2,1-3H3,(H2,12,13,14). The highest BCUT2D eigenvalue weighted by Crippen LogP contribution is 2.17. The number of nitrogens with two attached hydrogens (primary N) is 1. The molecule has 0 atom stereocenters. The Labute approximate surface area is 91.4 Å². The van der Waals surface area contributed by atoms with Gasteiger partial charge in [0.15, 0.2) is 0 Å². The molecule has 84 valence electrons. The second-order valence-electron chi connectivity index (χ2n) is 3.99.